The maximum absolute atomic E-state index is 10.6. The number of aryl methyl sites for hydroxylation is 1. The van der Waals surface area contributed by atoms with Crippen molar-refractivity contribution in [2.75, 3.05) is 0 Å². The summed E-state index contributed by atoms with van der Waals surface area (Å²) in [5.74, 6) is 0.688. The summed E-state index contributed by atoms with van der Waals surface area (Å²) in [6, 6.07) is 15.5. The SMILES string of the molecule is Cc1ccccc1-n1c(O)c(C=C2N=c3ccccc3=N2)sc1=S. The molecule has 0 amide bonds. The molecule has 0 saturated carbocycles. The highest BCUT2D eigenvalue weighted by molar-refractivity contribution is 7.73. The van der Waals surface area contributed by atoms with Gasteiger partial charge >= 0.3 is 0 Å². The van der Waals surface area contributed by atoms with E-state index in [9.17, 15) is 5.11 Å². The molecule has 0 unspecified atom stereocenters. The Balaban J connectivity index is 1.84. The fraction of sp³-hybridized carbons (Fsp3) is 0.0556. The molecule has 3 aromatic rings. The minimum atomic E-state index is 0.119. The van der Waals surface area contributed by atoms with Gasteiger partial charge in [0, 0.05) is 6.08 Å². The van der Waals surface area contributed by atoms with Crippen LogP contribution in [0.1, 0.15) is 10.4 Å². The molecule has 4 nitrogen and oxygen atoms in total. The molecule has 1 aromatic heterocycles. The van der Waals surface area contributed by atoms with Gasteiger partial charge in [0.1, 0.15) is 0 Å². The summed E-state index contributed by atoms with van der Waals surface area (Å²) in [7, 11) is 0. The number of aromatic hydroxyl groups is 1. The van der Waals surface area contributed by atoms with Crippen molar-refractivity contribution in [2.24, 2.45) is 9.98 Å². The van der Waals surface area contributed by atoms with E-state index < -0.39 is 0 Å². The van der Waals surface area contributed by atoms with Crippen LogP contribution in [0.3, 0.4) is 0 Å². The highest BCUT2D eigenvalue weighted by Gasteiger charge is 2.14. The highest BCUT2D eigenvalue weighted by Crippen LogP contribution is 2.32. The number of thiazole rings is 1. The molecule has 2 heterocycles. The van der Waals surface area contributed by atoms with Gasteiger partial charge in [0.15, 0.2) is 9.78 Å². The smallest absolute Gasteiger partial charge is 0.215 e. The molecule has 0 radical (unpaired) electrons. The van der Waals surface area contributed by atoms with Crippen LogP contribution in [0.5, 0.6) is 5.88 Å². The van der Waals surface area contributed by atoms with Gasteiger partial charge in [-0.1, -0.05) is 30.3 Å². The van der Waals surface area contributed by atoms with E-state index in [1.54, 1.807) is 10.6 Å². The molecule has 1 aliphatic heterocycles. The molecular weight excluding hydrogens is 338 g/mol. The number of fused-ring (bicyclic) bond motifs is 1. The summed E-state index contributed by atoms with van der Waals surface area (Å²) in [6.45, 7) is 1.99. The van der Waals surface area contributed by atoms with Crippen molar-refractivity contribution in [3.8, 4) is 11.6 Å². The van der Waals surface area contributed by atoms with Gasteiger partial charge in [-0.25, -0.2) is 9.98 Å². The van der Waals surface area contributed by atoms with Crippen molar-refractivity contribution in [1.82, 2.24) is 4.57 Å². The highest BCUT2D eigenvalue weighted by atomic mass is 32.1. The van der Waals surface area contributed by atoms with Gasteiger partial charge in [0.05, 0.1) is 21.3 Å². The molecule has 1 N–H and O–H groups in total. The number of rotatable bonds is 2. The van der Waals surface area contributed by atoms with Crippen LogP contribution in [0, 0.1) is 10.9 Å². The van der Waals surface area contributed by atoms with Crippen LogP contribution in [0.4, 0.5) is 0 Å². The zero-order valence-corrected chi connectivity index (χ0v) is 14.4. The molecule has 0 fully saturated rings. The molecule has 0 bridgehead atoms. The quantitative estimate of drug-likeness (QED) is 0.718. The van der Waals surface area contributed by atoms with Crippen molar-refractivity contribution in [2.45, 2.75) is 6.92 Å². The van der Waals surface area contributed by atoms with Crippen LogP contribution >= 0.6 is 23.6 Å². The van der Waals surface area contributed by atoms with E-state index in [2.05, 4.69) is 9.98 Å². The van der Waals surface area contributed by atoms with Gasteiger partial charge in [-0.3, -0.25) is 4.57 Å². The number of hydrogen-bond acceptors (Lipinski definition) is 5. The van der Waals surface area contributed by atoms with Crippen molar-refractivity contribution in [1.29, 1.82) is 0 Å². The molecule has 0 aliphatic carbocycles. The van der Waals surface area contributed by atoms with Crippen LogP contribution < -0.4 is 10.7 Å². The molecule has 1 aliphatic rings. The molecule has 0 atom stereocenters. The van der Waals surface area contributed by atoms with Crippen molar-refractivity contribution in [3.05, 3.63) is 79.5 Å². The lowest BCUT2D eigenvalue weighted by Gasteiger charge is -2.07. The molecule has 4 rings (SSSR count). The average Bonchev–Trinajstić information content (AvgIpc) is 3.09. The predicted molar refractivity (Wildman–Crippen MR) is 97.6 cm³/mol. The summed E-state index contributed by atoms with van der Waals surface area (Å²) in [4.78, 5) is 9.58. The Hall–Kier alpha value is -2.57. The molecule has 6 heteroatoms. The van der Waals surface area contributed by atoms with E-state index in [0.717, 1.165) is 22.0 Å². The van der Waals surface area contributed by atoms with Crippen LogP contribution in [0.2, 0.25) is 0 Å². The van der Waals surface area contributed by atoms with Gasteiger partial charge in [-0.05, 0) is 42.9 Å². The summed E-state index contributed by atoms with van der Waals surface area (Å²) in [6.07, 6.45) is 1.77. The summed E-state index contributed by atoms with van der Waals surface area (Å²) in [5.41, 5.74) is 1.92. The molecule has 24 heavy (non-hydrogen) atoms. The fourth-order valence-electron chi connectivity index (χ4n) is 2.61. The Kier molecular flexibility index (Phi) is 3.63. The van der Waals surface area contributed by atoms with E-state index in [1.165, 1.54) is 11.3 Å². The minimum absolute atomic E-state index is 0.119. The Labute approximate surface area is 147 Å². The first-order valence-corrected chi connectivity index (χ1v) is 8.61. The third-order valence-electron chi connectivity index (χ3n) is 3.78. The van der Waals surface area contributed by atoms with Gasteiger partial charge in [0.25, 0.3) is 0 Å². The van der Waals surface area contributed by atoms with Gasteiger partial charge in [-0.2, -0.15) is 0 Å². The maximum Gasteiger partial charge on any atom is 0.215 e. The van der Waals surface area contributed by atoms with E-state index in [-0.39, 0.29) is 5.88 Å². The lowest BCUT2D eigenvalue weighted by molar-refractivity contribution is 0.441. The Morgan fingerprint density at radius 1 is 1.04 bits per heavy atom. The molecule has 0 saturated heterocycles. The first kappa shape index (κ1) is 15.0. The number of aromatic nitrogens is 1. The van der Waals surface area contributed by atoms with Crippen molar-refractivity contribution < 1.29 is 5.11 Å². The summed E-state index contributed by atoms with van der Waals surface area (Å²) in [5, 5.41) is 12.3. The number of nitrogens with zero attached hydrogens (tertiary/aromatic N) is 3. The van der Waals surface area contributed by atoms with Crippen molar-refractivity contribution >= 4 is 29.6 Å². The zero-order valence-electron chi connectivity index (χ0n) is 12.8. The molecular formula is C18H13N3OS2. The molecule has 2 aromatic carbocycles. The predicted octanol–water partition coefficient (Wildman–Crippen LogP) is 3.53. The maximum atomic E-state index is 10.6. The van der Waals surface area contributed by atoms with E-state index in [4.69, 9.17) is 12.2 Å². The molecule has 118 valence electrons. The average molecular weight is 351 g/mol. The largest absolute Gasteiger partial charge is 0.493 e. The monoisotopic (exact) mass is 351 g/mol. The van der Waals surface area contributed by atoms with Gasteiger partial charge < -0.3 is 5.11 Å². The second-order valence-corrected chi connectivity index (χ2v) is 7.07. The van der Waals surface area contributed by atoms with Gasteiger partial charge in [0.2, 0.25) is 5.88 Å². The van der Waals surface area contributed by atoms with Crippen LogP contribution in [-0.2, 0) is 0 Å². The minimum Gasteiger partial charge on any atom is -0.493 e. The van der Waals surface area contributed by atoms with E-state index >= 15 is 0 Å². The summed E-state index contributed by atoms with van der Waals surface area (Å²) < 4.78 is 2.27. The molecule has 0 spiro atoms. The van der Waals surface area contributed by atoms with Crippen molar-refractivity contribution in [3.63, 3.8) is 0 Å². The third-order valence-corrected chi connectivity index (χ3v) is 5.09. The standard InChI is InChI=1S/C18H13N3OS2/c1-11-6-2-5-9-14(11)21-17(22)15(24-18(21)23)10-16-19-12-7-3-4-8-13(12)20-16/h2-10,22H,1H3. The number of benzene rings is 2. The van der Waals surface area contributed by atoms with Crippen LogP contribution in [-0.4, -0.2) is 9.67 Å². The lowest BCUT2D eigenvalue weighted by atomic mass is 10.2. The van der Waals surface area contributed by atoms with Crippen LogP contribution in [0.25, 0.3) is 11.8 Å². The second kappa shape index (κ2) is 5.81. The van der Waals surface area contributed by atoms with E-state index in [1.807, 2.05) is 55.5 Å². The fourth-order valence-corrected chi connectivity index (χ4v) is 3.87. The number of para-hydroxylation sites is 3. The number of hydrogen-bond donors (Lipinski definition) is 1. The third kappa shape index (κ3) is 2.50. The first-order valence-electron chi connectivity index (χ1n) is 7.38. The Morgan fingerprint density at radius 3 is 2.33 bits per heavy atom. The normalized spacial score (nSPS) is 12.5. The Morgan fingerprint density at radius 2 is 1.67 bits per heavy atom. The van der Waals surface area contributed by atoms with Gasteiger partial charge in [-0.15, -0.1) is 11.3 Å². The zero-order chi connectivity index (χ0) is 16.7. The van der Waals surface area contributed by atoms with Crippen LogP contribution in [0.15, 0.2) is 64.3 Å². The topological polar surface area (TPSA) is 49.9 Å². The van der Waals surface area contributed by atoms with E-state index in [0.29, 0.717) is 14.7 Å². The first-order chi connectivity index (χ1) is 11.6. The second-order valence-electron chi connectivity index (χ2n) is 5.39. The lowest BCUT2D eigenvalue weighted by Crippen LogP contribution is -2.19. The summed E-state index contributed by atoms with van der Waals surface area (Å²) >= 11 is 6.78. The Bertz CT molecular complexity index is 1120.